The molecule has 2 aliphatic heterocycles. The fraction of sp³-hybridized carbons (Fsp3) is 0.467. The Bertz CT molecular complexity index is 1700. The minimum absolute atomic E-state index is 0.0982. The van der Waals surface area contributed by atoms with Gasteiger partial charge in [-0.3, -0.25) is 0 Å². The Kier molecular flexibility index (Phi) is 6.98. The molecule has 0 radical (unpaired) electrons. The average Bonchev–Trinajstić information content (AvgIpc) is 3.48. The van der Waals surface area contributed by atoms with Crippen molar-refractivity contribution < 1.29 is 24.1 Å². The summed E-state index contributed by atoms with van der Waals surface area (Å²) in [5, 5.41) is 20.6. The number of carbonyl (C=O) groups is 1. The van der Waals surface area contributed by atoms with Crippen LogP contribution in [0.25, 0.3) is 15.9 Å². The first-order valence-electron chi connectivity index (χ1n) is 14.6. The fourth-order valence-corrected chi connectivity index (χ4v) is 8.29. The van der Waals surface area contributed by atoms with Crippen LogP contribution in [0.5, 0.6) is 5.75 Å². The zero-order valence-corrected chi connectivity index (χ0v) is 25.4. The minimum atomic E-state index is -0.984. The second-order valence-corrected chi connectivity index (χ2v) is 13.6. The minimum Gasteiger partial charge on any atom is -0.486 e. The predicted molar refractivity (Wildman–Crippen MR) is 162 cm³/mol. The molecule has 10 nitrogen and oxygen atoms in total. The molecule has 0 unspecified atom stereocenters. The number of rotatable bonds is 9. The molecule has 1 N–H and O–H groups in total. The first-order valence-corrected chi connectivity index (χ1v) is 16.2. The van der Waals surface area contributed by atoms with E-state index in [0.717, 1.165) is 59.9 Å². The zero-order chi connectivity index (χ0) is 29.2. The lowest BCUT2D eigenvalue weighted by Gasteiger charge is -2.31. The van der Waals surface area contributed by atoms with Crippen LogP contribution in [0.3, 0.4) is 0 Å². The number of fused-ring (bicyclic) bond motifs is 3. The summed E-state index contributed by atoms with van der Waals surface area (Å²) < 4.78 is 20.8. The summed E-state index contributed by atoms with van der Waals surface area (Å²) in [5.41, 5.74) is 3.43. The summed E-state index contributed by atoms with van der Waals surface area (Å²) >= 11 is 14.6. The molecule has 13 heteroatoms. The Morgan fingerprint density at radius 1 is 1.16 bits per heavy atom. The lowest BCUT2D eigenvalue weighted by atomic mass is 10.1. The molecule has 4 atom stereocenters. The maximum atomic E-state index is 11.8. The Morgan fingerprint density at radius 3 is 2.70 bits per heavy atom. The quantitative estimate of drug-likeness (QED) is 0.231. The molecule has 2 saturated heterocycles. The van der Waals surface area contributed by atoms with Crippen LogP contribution in [0.15, 0.2) is 30.3 Å². The molecule has 0 spiro atoms. The maximum absolute atomic E-state index is 11.8. The molecule has 4 fully saturated rings. The van der Waals surface area contributed by atoms with E-state index in [1.807, 2.05) is 6.07 Å². The molecule has 4 heterocycles. The van der Waals surface area contributed by atoms with Gasteiger partial charge in [-0.1, -0.05) is 45.8 Å². The van der Waals surface area contributed by atoms with Crippen LogP contribution in [0.4, 0.5) is 5.13 Å². The molecule has 2 aromatic heterocycles. The van der Waals surface area contributed by atoms with E-state index in [9.17, 15) is 9.90 Å². The van der Waals surface area contributed by atoms with Crippen molar-refractivity contribution in [2.75, 3.05) is 24.7 Å². The van der Waals surface area contributed by atoms with E-state index >= 15 is 0 Å². The van der Waals surface area contributed by atoms with Crippen LogP contribution in [-0.2, 0) is 16.1 Å². The number of halogens is 2. The van der Waals surface area contributed by atoms with Crippen molar-refractivity contribution in [2.45, 2.75) is 62.9 Å². The van der Waals surface area contributed by atoms with Gasteiger partial charge in [0.25, 0.3) is 0 Å². The molecule has 2 bridgehead atoms. The number of carboxylic acids is 1. The molecule has 4 aliphatic rings. The number of hydrogen-bond acceptors (Lipinski definition) is 9. The monoisotopic (exact) mass is 641 g/mol. The van der Waals surface area contributed by atoms with Crippen molar-refractivity contribution in [1.29, 1.82) is 0 Å². The number of anilines is 1. The first-order chi connectivity index (χ1) is 20.9. The third kappa shape index (κ3) is 5.04. The Morgan fingerprint density at radius 2 is 2.00 bits per heavy atom. The van der Waals surface area contributed by atoms with E-state index in [4.69, 9.17) is 42.4 Å². The summed E-state index contributed by atoms with van der Waals surface area (Å²) in [6, 6.07) is 9.00. The second-order valence-electron chi connectivity index (χ2n) is 11.8. The Balaban J connectivity index is 1.00. The summed E-state index contributed by atoms with van der Waals surface area (Å²) in [7, 11) is 0. The summed E-state index contributed by atoms with van der Waals surface area (Å²) in [6.45, 7) is 2.36. The topological polar surface area (TPSA) is 112 Å². The van der Waals surface area contributed by atoms with Gasteiger partial charge in [0.1, 0.15) is 23.1 Å². The van der Waals surface area contributed by atoms with E-state index in [1.165, 1.54) is 11.3 Å². The molecular formula is C30H29Cl2N5O5S. The highest BCUT2D eigenvalue weighted by Gasteiger charge is 2.46. The Hall–Kier alpha value is -2.96. The molecule has 8 rings (SSSR count). The van der Waals surface area contributed by atoms with Gasteiger partial charge in [-0.05, 0) is 49.9 Å². The van der Waals surface area contributed by atoms with E-state index in [-0.39, 0.29) is 17.8 Å². The van der Waals surface area contributed by atoms with Gasteiger partial charge >= 0.3 is 5.97 Å². The molecule has 2 saturated carbocycles. The van der Waals surface area contributed by atoms with E-state index in [0.29, 0.717) is 64.7 Å². The van der Waals surface area contributed by atoms with Gasteiger partial charge in [-0.2, -0.15) is 0 Å². The first kappa shape index (κ1) is 27.6. The van der Waals surface area contributed by atoms with Crippen molar-refractivity contribution in [3.05, 3.63) is 57.3 Å². The van der Waals surface area contributed by atoms with Crippen LogP contribution in [0, 0.1) is 5.92 Å². The van der Waals surface area contributed by atoms with Crippen LogP contribution >= 0.6 is 34.5 Å². The maximum Gasteiger partial charge on any atom is 0.335 e. The largest absolute Gasteiger partial charge is 0.486 e. The Labute approximate surface area is 261 Å². The number of aromatic nitrogens is 4. The van der Waals surface area contributed by atoms with Gasteiger partial charge in [0.2, 0.25) is 0 Å². The van der Waals surface area contributed by atoms with Crippen molar-refractivity contribution in [1.82, 2.24) is 20.0 Å². The molecule has 4 aromatic rings. The van der Waals surface area contributed by atoms with Crippen molar-refractivity contribution >= 4 is 55.9 Å². The summed E-state index contributed by atoms with van der Waals surface area (Å²) in [5.74, 6) is 0.284. The van der Waals surface area contributed by atoms with Crippen molar-refractivity contribution in [2.24, 2.45) is 5.92 Å². The number of aromatic carboxylic acids is 1. The second kappa shape index (κ2) is 10.9. The van der Waals surface area contributed by atoms with Crippen LogP contribution in [-0.4, -0.2) is 69.1 Å². The zero-order valence-electron chi connectivity index (χ0n) is 23.1. The summed E-state index contributed by atoms with van der Waals surface area (Å²) in [6.07, 6.45) is 4.89. The van der Waals surface area contributed by atoms with Crippen LogP contribution in [0.1, 0.15) is 59.8 Å². The van der Waals surface area contributed by atoms with Gasteiger partial charge in [0, 0.05) is 30.8 Å². The normalized spacial score (nSPS) is 24.8. The lowest BCUT2D eigenvalue weighted by Crippen LogP contribution is -2.38. The van der Waals surface area contributed by atoms with Gasteiger partial charge in [-0.15, -0.1) is 5.10 Å². The van der Waals surface area contributed by atoms with E-state index < -0.39 is 5.97 Å². The molecule has 43 heavy (non-hydrogen) atoms. The molecule has 224 valence electrons. The lowest BCUT2D eigenvalue weighted by molar-refractivity contribution is 0.00991. The van der Waals surface area contributed by atoms with Crippen molar-refractivity contribution in [3.63, 3.8) is 0 Å². The van der Waals surface area contributed by atoms with E-state index in [1.54, 1.807) is 28.9 Å². The fourth-order valence-electron chi connectivity index (χ4n) is 6.63. The number of benzene rings is 2. The van der Waals surface area contributed by atoms with Gasteiger partial charge < -0.3 is 24.2 Å². The standard InChI is InChI=1S/C30H29Cl2N5O5S/c31-20-2-1-3-21(32)28(20)37-22(26(34-35-37)15-4-5-15)14-41-23-11-18-8-17(23)12-36(18)30-33-27-24(42-19-6-7-40-13-19)9-16(29(38)39)10-25(27)43-30/h1-3,9-10,15,17-19,23H,4-8,11-14H2,(H,38,39)/t17-,18-,19-,23+/m0/s1. The number of nitrogens with zero attached hydrogens (tertiary/aromatic N) is 5. The third-order valence-electron chi connectivity index (χ3n) is 8.94. The van der Waals surface area contributed by atoms with Gasteiger partial charge in [-0.25, -0.2) is 14.5 Å². The predicted octanol–water partition coefficient (Wildman–Crippen LogP) is 6.11. The highest BCUT2D eigenvalue weighted by molar-refractivity contribution is 7.22. The van der Waals surface area contributed by atoms with E-state index in [2.05, 4.69) is 15.2 Å². The van der Waals surface area contributed by atoms with Crippen LogP contribution in [0.2, 0.25) is 10.0 Å². The number of hydrogen-bond donors (Lipinski definition) is 1. The summed E-state index contributed by atoms with van der Waals surface area (Å²) in [4.78, 5) is 19.2. The molecular weight excluding hydrogens is 613 g/mol. The smallest absolute Gasteiger partial charge is 0.335 e. The number of para-hydroxylation sites is 1. The average molecular weight is 643 g/mol. The van der Waals surface area contributed by atoms with Crippen LogP contribution < -0.4 is 9.64 Å². The van der Waals surface area contributed by atoms with Gasteiger partial charge in [0.15, 0.2) is 5.13 Å². The number of piperidine rings is 1. The van der Waals surface area contributed by atoms with Crippen molar-refractivity contribution in [3.8, 4) is 11.4 Å². The van der Waals surface area contributed by atoms with Gasteiger partial charge in [0.05, 0.1) is 57.6 Å². The highest BCUT2D eigenvalue weighted by Crippen LogP contribution is 2.46. The highest BCUT2D eigenvalue weighted by atomic mass is 35.5. The third-order valence-corrected chi connectivity index (χ3v) is 10.6. The molecule has 2 aliphatic carbocycles. The number of thiazole rings is 1. The molecule has 2 aromatic carbocycles. The SMILES string of the molecule is O=C(O)c1cc(O[C@H]2CCOC2)c2nc(N3C[C@@H]4C[C@H]3C[C@H]4OCc3c(C4CC4)nnn3-c3c(Cl)cccc3Cl)sc2c1. The number of ether oxygens (including phenoxy) is 3. The number of carboxylic acid groups (broad SMARTS) is 1. The molecule has 0 amide bonds.